The fraction of sp³-hybridized carbons (Fsp3) is 0.206. The van der Waals surface area contributed by atoms with Gasteiger partial charge in [0.1, 0.15) is 18.2 Å². The summed E-state index contributed by atoms with van der Waals surface area (Å²) in [5.74, 6) is -3.98. The fourth-order valence-electron chi connectivity index (χ4n) is 4.71. The summed E-state index contributed by atoms with van der Waals surface area (Å²) in [6.45, 7) is -0.0647. The molecule has 0 heterocycles. The highest BCUT2D eigenvalue weighted by molar-refractivity contribution is 5.95. The molecule has 0 spiro atoms. The summed E-state index contributed by atoms with van der Waals surface area (Å²) < 4.78 is 46.5. The molecule has 0 aliphatic carbocycles. The number of amides is 2. The minimum atomic E-state index is -5.25. The van der Waals surface area contributed by atoms with E-state index < -0.39 is 35.5 Å². The van der Waals surface area contributed by atoms with Crippen LogP contribution in [0.25, 0.3) is 0 Å². The quantitative estimate of drug-likeness (QED) is 0.218. The Kier molecular flexibility index (Phi) is 10.3. The molecule has 2 N–H and O–H groups in total. The predicted octanol–water partition coefficient (Wildman–Crippen LogP) is 5.36. The third kappa shape index (κ3) is 9.03. The Morgan fingerprint density at radius 2 is 1.02 bits per heavy atom. The number of hydrogen-bond donors (Lipinski definition) is 2. The van der Waals surface area contributed by atoms with Crippen LogP contribution >= 0.6 is 0 Å². The fourth-order valence-corrected chi connectivity index (χ4v) is 4.71. The zero-order chi connectivity index (χ0) is 30.7. The molecule has 6 nitrogen and oxygen atoms in total. The lowest BCUT2D eigenvalue weighted by Crippen LogP contribution is -2.65. The van der Waals surface area contributed by atoms with Gasteiger partial charge in [0.25, 0.3) is 0 Å². The van der Waals surface area contributed by atoms with Crippen molar-refractivity contribution in [2.75, 3.05) is 0 Å². The molecule has 0 saturated carbocycles. The Morgan fingerprint density at radius 1 is 0.605 bits per heavy atom. The number of rotatable bonds is 12. The third-order valence-electron chi connectivity index (χ3n) is 6.84. The van der Waals surface area contributed by atoms with Gasteiger partial charge in [-0.15, -0.1) is 0 Å². The third-order valence-corrected chi connectivity index (χ3v) is 6.84. The van der Waals surface area contributed by atoms with Gasteiger partial charge in [0.05, 0.1) is 0 Å². The van der Waals surface area contributed by atoms with Crippen LogP contribution in [0, 0.1) is 0 Å². The molecule has 4 aromatic rings. The molecule has 2 amide bonds. The van der Waals surface area contributed by atoms with Crippen molar-refractivity contribution in [1.29, 1.82) is 0 Å². The number of halogens is 3. The van der Waals surface area contributed by atoms with Gasteiger partial charge in [-0.1, -0.05) is 121 Å². The highest BCUT2D eigenvalue weighted by Gasteiger charge is 2.48. The maximum absolute atomic E-state index is 14.2. The lowest BCUT2D eigenvalue weighted by Gasteiger charge is -2.35. The molecular weight excluding hydrogens is 557 g/mol. The molecular formula is C34H31F3N2O4. The first-order valence-electron chi connectivity index (χ1n) is 13.7. The number of nitrogens with one attached hydrogen (secondary N) is 2. The normalized spacial score (nSPS) is 12.2. The van der Waals surface area contributed by atoms with Gasteiger partial charge in [-0.2, -0.15) is 13.2 Å². The number of alkyl halides is 3. The summed E-state index contributed by atoms with van der Waals surface area (Å²) in [4.78, 5) is 40.0. The molecule has 4 rings (SSSR count). The van der Waals surface area contributed by atoms with E-state index in [9.17, 15) is 27.6 Å². The van der Waals surface area contributed by atoms with E-state index in [0.717, 1.165) is 5.56 Å². The van der Waals surface area contributed by atoms with Crippen molar-refractivity contribution >= 4 is 17.8 Å². The van der Waals surface area contributed by atoms with Crippen molar-refractivity contribution in [3.8, 4) is 0 Å². The summed E-state index contributed by atoms with van der Waals surface area (Å²) in [5.41, 5.74) is 0.343. The molecule has 43 heavy (non-hydrogen) atoms. The molecule has 0 aliphatic heterocycles. The van der Waals surface area contributed by atoms with Gasteiger partial charge in [0.2, 0.25) is 5.91 Å². The van der Waals surface area contributed by atoms with Crippen LogP contribution in [0.5, 0.6) is 0 Å². The number of esters is 1. The van der Waals surface area contributed by atoms with Gasteiger partial charge < -0.3 is 15.4 Å². The topological polar surface area (TPSA) is 84.5 Å². The van der Waals surface area contributed by atoms with E-state index in [0.29, 0.717) is 16.7 Å². The van der Waals surface area contributed by atoms with Crippen LogP contribution < -0.4 is 10.6 Å². The summed E-state index contributed by atoms with van der Waals surface area (Å²) in [7, 11) is 0. The second kappa shape index (κ2) is 14.3. The van der Waals surface area contributed by atoms with E-state index in [1.165, 1.54) is 0 Å². The van der Waals surface area contributed by atoms with Crippen molar-refractivity contribution in [1.82, 2.24) is 10.6 Å². The highest BCUT2D eigenvalue weighted by atomic mass is 19.4. The van der Waals surface area contributed by atoms with E-state index in [1.807, 2.05) is 11.4 Å². The Labute approximate surface area is 247 Å². The standard InChI is InChI=1S/C34H31F3N2O4/c35-34(36,37)32(42)39-33(22-26-15-7-2-8-16-26,23-27-17-9-3-10-18-27)31(41)38-29(21-25-13-5-1-6-14-25)30(40)43-24-28-19-11-4-12-20-28/h1-20,29H,21-24H2,(H,38,41)(H,39,42)/t29-/m0/s1. The molecule has 0 fully saturated rings. The molecule has 0 bridgehead atoms. The van der Waals surface area contributed by atoms with Gasteiger partial charge >= 0.3 is 18.1 Å². The zero-order valence-electron chi connectivity index (χ0n) is 23.2. The first-order chi connectivity index (χ1) is 20.6. The minimum absolute atomic E-state index is 0.0141. The second-order valence-electron chi connectivity index (χ2n) is 10.2. The van der Waals surface area contributed by atoms with Crippen LogP contribution in [0.4, 0.5) is 13.2 Å². The average molecular weight is 589 g/mol. The Balaban J connectivity index is 1.71. The van der Waals surface area contributed by atoms with Gasteiger partial charge in [-0.3, -0.25) is 9.59 Å². The Bertz CT molecular complexity index is 1440. The SMILES string of the molecule is O=C(OCc1ccccc1)[C@H](Cc1ccccc1)NC(=O)C(Cc1ccccc1)(Cc1ccccc1)NC(=O)C(F)(F)F. The smallest absolute Gasteiger partial charge is 0.459 e. The molecule has 1 atom stereocenters. The van der Waals surface area contributed by atoms with Crippen LogP contribution in [-0.4, -0.2) is 35.5 Å². The number of benzene rings is 4. The molecule has 9 heteroatoms. The highest BCUT2D eigenvalue weighted by Crippen LogP contribution is 2.24. The van der Waals surface area contributed by atoms with Gasteiger partial charge in [0, 0.05) is 19.3 Å². The van der Waals surface area contributed by atoms with Gasteiger partial charge in [-0.25, -0.2) is 4.79 Å². The number of carbonyl (C=O) groups excluding carboxylic acids is 3. The molecule has 0 aliphatic rings. The molecule has 0 aromatic heterocycles. The maximum atomic E-state index is 14.2. The van der Waals surface area contributed by atoms with E-state index >= 15 is 0 Å². The van der Waals surface area contributed by atoms with Crippen LogP contribution in [-0.2, 0) is 45.0 Å². The van der Waals surface area contributed by atoms with Crippen molar-refractivity contribution < 1.29 is 32.3 Å². The minimum Gasteiger partial charge on any atom is -0.459 e. The first kappa shape index (κ1) is 31.0. The summed E-state index contributed by atoms with van der Waals surface area (Å²) >= 11 is 0. The van der Waals surface area contributed by atoms with Gasteiger partial charge in [-0.05, 0) is 22.3 Å². The lowest BCUT2D eigenvalue weighted by atomic mass is 9.83. The van der Waals surface area contributed by atoms with Crippen LogP contribution in [0.3, 0.4) is 0 Å². The second-order valence-corrected chi connectivity index (χ2v) is 10.2. The van der Waals surface area contributed by atoms with Crippen LogP contribution in [0.15, 0.2) is 121 Å². The van der Waals surface area contributed by atoms with Crippen LogP contribution in [0.2, 0.25) is 0 Å². The van der Waals surface area contributed by atoms with Crippen molar-refractivity contribution in [3.05, 3.63) is 144 Å². The number of carbonyl (C=O) groups is 3. The summed E-state index contributed by atoms with van der Waals surface area (Å²) in [6.07, 6.45) is -5.78. The molecule has 0 radical (unpaired) electrons. The maximum Gasteiger partial charge on any atom is 0.471 e. The molecule has 4 aromatic carbocycles. The molecule has 0 unspecified atom stereocenters. The van der Waals surface area contributed by atoms with Gasteiger partial charge in [0.15, 0.2) is 0 Å². The zero-order valence-corrected chi connectivity index (χ0v) is 23.2. The van der Waals surface area contributed by atoms with Crippen molar-refractivity contribution in [3.63, 3.8) is 0 Å². The largest absolute Gasteiger partial charge is 0.471 e. The predicted molar refractivity (Wildman–Crippen MR) is 156 cm³/mol. The van der Waals surface area contributed by atoms with E-state index in [1.54, 1.807) is 115 Å². The van der Waals surface area contributed by atoms with E-state index in [2.05, 4.69) is 5.32 Å². The molecule has 222 valence electrons. The monoisotopic (exact) mass is 588 g/mol. The summed E-state index contributed by atoms with van der Waals surface area (Å²) in [6, 6.07) is 33.4. The van der Waals surface area contributed by atoms with Crippen molar-refractivity contribution in [2.24, 2.45) is 0 Å². The van der Waals surface area contributed by atoms with E-state index in [-0.39, 0.29) is 25.9 Å². The lowest BCUT2D eigenvalue weighted by molar-refractivity contribution is -0.176. The van der Waals surface area contributed by atoms with Crippen molar-refractivity contribution in [2.45, 2.75) is 43.6 Å². The Morgan fingerprint density at radius 3 is 1.47 bits per heavy atom. The Hall–Kier alpha value is -4.92. The van der Waals surface area contributed by atoms with E-state index in [4.69, 9.17) is 4.74 Å². The summed E-state index contributed by atoms with van der Waals surface area (Å²) in [5, 5.41) is 4.65. The number of hydrogen-bond acceptors (Lipinski definition) is 4. The van der Waals surface area contributed by atoms with Crippen LogP contribution in [0.1, 0.15) is 22.3 Å². The average Bonchev–Trinajstić information content (AvgIpc) is 3.01. The first-order valence-corrected chi connectivity index (χ1v) is 13.7. The number of ether oxygens (including phenoxy) is 1. The molecule has 0 saturated heterocycles.